The lowest BCUT2D eigenvalue weighted by atomic mass is 10.2. The summed E-state index contributed by atoms with van der Waals surface area (Å²) in [6.07, 6.45) is 1.80. The number of hydrogen-bond acceptors (Lipinski definition) is 2. The standard InChI is InChI=1S/C11H15NO/c1-2-11(9-13)12-8-10-6-4-3-5-7-10/h3-7,9,11-12H,2,8H2,1H3. The van der Waals surface area contributed by atoms with Crippen molar-refractivity contribution >= 4 is 6.29 Å². The maximum atomic E-state index is 10.5. The van der Waals surface area contributed by atoms with E-state index < -0.39 is 0 Å². The van der Waals surface area contributed by atoms with Crippen LogP contribution in [0.5, 0.6) is 0 Å². The molecule has 1 rings (SSSR count). The third-order valence-electron chi connectivity index (χ3n) is 2.02. The summed E-state index contributed by atoms with van der Waals surface area (Å²) < 4.78 is 0. The van der Waals surface area contributed by atoms with E-state index in [2.05, 4.69) is 5.32 Å². The quantitative estimate of drug-likeness (QED) is 0.694. The maximum absolute atomic E-state index is 10.5. The Hall–Kier alpha value is -1.15. The van der Waals surface area contributed by atoms with E-state index in [1.807, 2.05) is 37.3 Å². The van der Waals surface area contributed by atoms with Crippen molar-refractivity contribution in [2.75, 3.05) is 0 Å². The average molecular weight is 177 g/mol. The van der Waals surface area contributed by atoms with Gasteiger partial charge in [-0.3, -0.25) is 0 Å². The second-order valence-electron chi connectivity index (χ2n) is 3.02. The Morgan fingerprint density at radius 1 is 1.38 bits per heavy atom. The minimum absolute atomic E-state index is 0.0137. The first-order valence-electron chi connectivity index (χ1n) is 4.59. The first kappa shape index (κ1) is 9.93. The number of aldehydes is 1. The van der Waals surface area contributed by atoms with Gasteiger partial charge in [-0.2, -0.15) is 0 Å². The van der Waals surface area contributed by atoms with Crippen LogP contribution in [0, 0.1) is 0 Å². The Morgan fingerprint density at radius 3 is 2.62 bits per heavy atom. The minimum Gasteiger partial charge on any atom is -0.304 e. The first-order chi connectivity index (χ1) is 6.36. The van der Waals surface area contributed by atoms with Crippen LogP contribution < -0.4 is 5.32 Å². The minimum atomic E-state index is -0.0137. The molecule has 0 aromatic heterocycles. The second kappa shape index (κ2) is 5.49. The smallest absolute Gasteiger partial charge is 0.136 e. The summed E-state index contributed by atoms with van der Waals surface area (Å²) >= 11 is 0. The molecule has 0 aliphatic carbocycles. The van der Waals surface area contributed by atoms with Gasteiger partial charge in [0.1, 0.15) is 6.29 Å². The van der Waals surface area contributed by atoms with Gasteiger partial charge in [0.2, 0.25) is 0 Å². The highest BCUT2D eigenvalue weighted by Gasteiger charge is 2.01. The number of benzene rings is 1. The Morgan fingerprint density at radius 2 is 2.08 bits per heavy atom. The summed E-state index contributed by atoms with van der Waals surface area (Å²) in [5.74, 6) is 0. The van der Waals surface area contributed by atoms with Crippen LogP contribution in [0.1, 0.15) is 18.9 Å². The van der Waals surface area contributed by atoms with Crippen LogP contribution >= 0.6 is 0 Å². The van der Waals surface area contributed by atoms with Crippen LogP contribution in [0.2, 0.25) is 0 Å². The highest BCUT2D eigenvalue weighted by molar-refractivity contribution is 5.57. The molecule has 0 radical (unpaired) electrons. The summed E-state index contributed by atoms with van der Waals surface area (Å²) in [5, 5.41) is 3.17. The van der Waals surface area contributed by atoms with Gasteiger partial charge in [-0.15, -0.1) is 0 Å². The molecular weight excluding hydrogens is 162 g/mol. The first-order valence-corrected chi connectivity index (χ1v) is 4.59. The van der Waals surface area contributed by atoms with Crippen molar-refractivity contribution in [1.29, 1.82) is 0 Å². The molecule has 2 heteroatoms. The summed E-state index contributed by atoms with van der Waals surface area (Å²) in [6.45, 7) is 2.76. The van der Waals surface area contributed by atoms with E-state index in [1.165, 1.54) is 5.56 Å². The molecule has 1 atom stereocenters. The Kier molecular flexibility index (Phi) is 4.19. The van der Waals surface area contributed by atoms with Gasteiger partial charge >= 0.3 is 0 Å². The van der Waals surface area contributed by atoms with E-state index in [4.69, 9.17) is 0 Å². The zero-order valence-electron chi connectivity index (χ0n) is 7.86. The van der Waals surface area contributed by atoms with Gasteiger partial charge in [0.05, 0.1) is 6.04 Å². The highest BCUT2D eigenvalue weighted by atomic mass is 16.1. The van der Waals surface area contributed by atoms with Crippen molar-refractivity contribution in [2.24, 2.45) is 0 Å². The Labute approximate surface area is 79.0 Å². The van der Waals surface area contributed by atoms with E-state index in [1.54, 1.807) is 0 Å². The van der Waals surface area contributed by atoms with Crippen LogP contribution in [-0.4, -0.2) is 12.3 Å². The monoisotopic (exact) mass is 177 g/mol. The van der Waals surface area contributed by atoms with Crippen molar-refractivity contribution in [3.8, 4) is 0 Å². The van der Waals surface area contributed by atoms with Gasteiger partial charge in [0.15, 0.2) is 0 Å². The Balaban J connectivity index is 2.38. The number of hydrogen-bond donors (Lipinski definition) is 1. The lowest BCUT2D eigenvalue weighted by molar-refractivity contribution is -0.109. The average Bonchev–Trinajstić information content (AvgIpc) is 2.21. The van der Waals surface area contributed by atoms with Crippen LogP contribution in [0.4, 0.5) is 0 Å². The fourth-order valence-corrected chi connectivity index (χ4v) is 1.13. The topological polar surface area (TPSA) is 29.1 Å². The number of rotatable bonds is 5. The molecule has 70 valence electrons. The molecule has 1 N–H and O–H groups in total. The predicted molar refractivity (Wildman–Crippen MR) is 53.4 cm³/mol. The van der Waals surface area contributed by atoms with Gasteiger partial charge in [0.25, 0.3) is 0 Å². The zero-order valence-corrected chi connectivity index (χ0v) is 7.86. The normalized spacial score (nSPS) is 12.4. The van der Waals surface area contributed by atoms with E-state index in [-0.39, 0.29) is 6.04 Å². The third-order valence-corrected chi connectivity index (χ3v) is 2.02. The molecule has 0 saturated heterocycles. The number of carbonyl (C=O) groups excluding carboxylic acids is 1. The molecule has 0 saturated carbocycles. The highest BCUT2D eigenvalue weighted by Crippen LogP contribution is 1.98. The molecule has 0 spiro atoms. The van der Waals surface area contributed by atoms with Crippen molar-refractivity contribution in [2.45, 2.75) is 25.9 Å². The lowest BCUT2D eigenvalue weighted by Gasteiger charge is -2.09. The molecule has 1 unspecified atom stereocenters. The van der Waals surface area contributed by atoms with E-state index in [0.29, 0.717) is 0 Å². The molecule has 0 fully saturated rings. The zero-order chi connectivity index (χ0) is 9.52. The van der Waals surface area contributed by atoms with E-state index >= 15 is 0 Å². The van der Waals surface area contributed by atoms with E-state index in [0.717, 1.165) is 19.3 Å². The van der Waals surface area contributed by atoms with Crippen LogP contribution in [-0.2, 0) is 11.3 Å². The van der Waals surface area contributed by atoms with E-state index in [9.17, 15) is 4.79 Å². The molecule has 2 nitrogen and oxygen atoms in total. The fraction of sp³-hybridized carbons (Fsp3) is 0.364. The molecule has 0 heterocycles. The van der Waals surface area contributed by atoms with Crippen LogP contribution in [0.15, 0.2) is 30.3 Å². The Bertz CT molecular complexity index is 246. The van der Waals surface area contributed by atoms with Gasteiger partial charge in [0, 0.05) is 6.54 Å². The van der Waals surface area contributed by atoms with Crippen LogP contribution in [0.25, 0.3) is 0 Å². The van der Waals surface area contributed by atoms with Crippen molar-refractivity contribution in [3.63, 3.8) is 0 Å². The van der Waals surface area contributed by atoms with Crippen molar-refractivity contribution in [3.05, 3.63) is 35.9 Å². The molecule has 0 aliphatic heterocycles. The SMILES string of the molecule is CCC(C=O)NCc1ccccc1. The molecular formula is C11H15NO. The number of nitrogens with one attached hydrogen (secondary N) is 1. The second-order valence-corrected chi connectivity index (χ2v) is 3.02. The predicted octanol–water partition coefficient (Wildman–Crippen LogP) is 1.75. The third kappa shape index (κ3) is 3.38. The molecule has 13 heavy (non-hydrogen) atoms. The van der Waals surface area contributed by atoms with Crippen molar-refractivity contribution in [1.82, 2.24) is 5.32 Å². The summed E-state index contributed by atoms with van der Waals surface area (Å²) in [4.78, 5) is 10.5. The number of carbonyl (C=O) groups is 1. The van der Waals surface area contributed by atoms with Gasteiger partial charge in [-0.1, -0.05) is 37.3 Å². The largest absolute Gasteiger partial charge is 0.304 e. The molecule has 0 aliphatic rings. The molecule has 0 amide bonds. The van der Waals surface area contributed by atoms with Gasteiger partial charge < -0.3 is 10.1 Å². The van der Waals surface area contributed by atoms with Crippen molar-refractivity contribution < 1.29 is 4.79 Å². The maximum Gasteiger partial charge on any atom is 0.136 e. The summed E-state index contributed by atoms with van der Waals surface area (Å²) in [5.41, 5.74) is 1.21. The lowest BCUT2D eigenvalue weighted by Crippen LogP contribution is -2.28. The van der Waals surface area contributed by atoms with Crippen LogP contribution in [0.3, 0.4) is 0 Å². The van der Waals surface area contributed by atoms with Gasteiger partial charge in [-0.05, 0) is 12.0 Å². The molecule has 1 aromatic rings. The summed E-state index contributed by atoms with van der Waals surface area (Å²) in [6, 6.07) is 10.1. The fourth-order valence-electron chi connectivity index (χ4n) is 1.13. The molecule has 0 bridgehead atoms. The molecule has 1 aromatic carbocycles. The summed E-state index contributed by atoms with van der Waals surface area (Å²) in [7, 11) is 0. The van der Waals surface area contributed by atoms with Gasteiger partial charge in [-0.25, -0.2) is 0 Å².